The first kappa shape index (κ1) is 26.5. The van der Waals surface area contributed by atoms with E-state index in [2.05, 4.69) is 25.7 Å². The second-order valence-electron chi connectivity index (χ2n) is 9.05. The molecule has 1 atom stereocenters. The third-order valence-electron chi connectivity index (χ3n) is 5.75. The normalized spacial score (nSPS) is 11.8. The molecule has 0 aliphatic rings. The zero-order chi connectivity index (χ0) is 27.1. The lowest BCUT2D eigenvalue weighted by Crippen LogP contribution is -2.45. The van der Waals surface area contributed by atoms with Crippen LogP contribution in [0.15, 0.2) is 73.1 Å². The fourth-order valence-electron chi connectivity index (χ4n) is 3.80. The van der Waals surface area contributed by atoms with E-state index in [0.29, 0.717) is 29.3 Å². The predicted molar refractivity (Wildman–Crippen MR) is 137 cm³/mol. The Labute approximate surface area is 218 Å². The number of benzene rings is 2. The minimum absolute atomic E-state index is 0.211. The minimum atomic E-state index is -1.07. The largest absolute Gasteiger partial charge is 0.354 e. The number of amides is 2. The third kappa shape index (κ3) is 6.61. The molecule has 38 heavy (non-hydrogen) atoms. The molecule has 2 heterocycles. The molecule has 196 valence electrons. The third-order valence-corrected chi connectivity index (χ3v) is 5.75. The summed E-state index contributed by atoms with van der Waals surface area (Å²) in [7, 11) is 0. The molecular formula is C27H27F2N7O2. The molecule has 2 aromatic heterocycles. The second-order valence-corrected chi connectivity index (χ2v) is 9.05. The number of rotatable bonds is 10. The molecule has 0 fully saturated rings. The van der Waals surface area contributed by atoms with Crippen LogP contribution in [0.5, 0.6) is 0 Å². The van der Waals surface area contributed by atoms with E-state index in [1.54, 1.807) is 12.1 Å². The van der Waals surface area contributed by atoms with Crippen molar-refractivity contribution in [3.8, 4) is 11.4 Å². The van der Waals surface area contributed by atoms with Crippen molar-refractivity contribution in [2.24, 2.45) is 5.92 Å². The molecule has 0 spiro atoms. The molecule has 1 N–H and O–H groups in total. The smallest absolute Gasteiger partial charge is 0.251 e. The van der Waals surface area contributed by atoms with Gasteiger partial charge in [0.05, 0.1) is 0 Å². The summed E-state index contributed by atoms with van der Waals surface area (Å²) in [5, 5.41) is 15.1. The van der Waals surface area contributed by atoms with Gasteiger partial charge in [0.15, 0.2) is 0 Å². The Bertz CT molecular complexity index is 1360. The van der Waals surface area contributed by atoms with Crippen LogP contribution in [-0.4, -0.2) is 43.6 Å². The van der Waals surface area contributed by atoms with Crippen molar-refractivity contribution in [1.29, 1.82) is 0 Å². The van der Waals surface area contributed by atoms with Crippen molar-refractivity contribution in [2.75, 3.05) is 11.4 Å². The molecule has 11 heteroatoms. The van der Waals surface area contributed by atoms with Gasteiger partial charge < -0.3 is 5.32 Å². The highest BCUT2D eigenvalue weighted by Gasteiger charge is 2.33. The molecule has 0 radical (unpaired) electrons. The van der Waals surface area contributed by atoms with Crippen LogP contribution >= 0.6 is 0 Å². The van der Waals surface area contributed by atoms with Gasteiger partial charge in [-0.05, 0) is 83.8 Å². The highest BCUT2D eigenvalue weighted by Crippen LogP contribution is 2.28. The average Bonchev–Trinajstić information content (AvgIpc) is 3.36. The number of carbonyl (C=O) groups excluding carboxylic acids is 2. The maximum Gasteiger partial charge on any atom is 0.251 e. The van der Waals surface area contributed by atoms with Crippen LogP contribution in [0.25, 0.3) is 11.4 Å². The summed E-state index contributed by atoms with van der Waals surface area (Å²) in [6.07, 6.45) is 3.82. The molecule has 4 rings (SSSR count). The number of anilines is 1. The predicted octanol–water partition coefficient (Wildman–Crippen LogP) is 3.95. The van der Waals surface area contributed by atoms with E-state index in [-0.39, 0.29) is 12.4 Å². The van der Waals surface area contributed by atoms with Crippen molar-refractivity contribution >= 4 is 17.5 Å². The topological polar surface area (TPSA) is 106 Å². The van der Waals surface area contributed by atoms with Crippen LogP contribution in [0.2, 0.25) is 0 Å². The van der Waals surface area contributed by atoms with Gasteiger partial charge in [0.2, 0.25) is 11.7 Å². The summed E-state index contributed by atoms with van der Waals surface area (Å²) in [4.78, 5) is 33.7. The van der Waals surface area contributed by atoms with Crippen molar-refractivity contribution in [3.63, 3.8) is 0 Å². The van der Waals surface area contributed by atoms with Gasteiger partial charge in [0.1, 0.15) is 24.2 Å². The van der Waals surface area contributed by atoms with Gasteiger partial charge in [-0.1, -0.05) is 13.8 Å². The standard InChI is InChI=1S/C27H27F2N7O2/c1-18(2)11-16-31-27(38)25(19-12-14-30-15-13-19)36(23-9-7-22(29)8-10-23)24(37)17-35-33-26(32-34-35)20-3-5-21(28)6-4-20/h3-10,12-15,18,25H,11,16-17H2,1-2H3,(H,31,38)/t25-/m0/s1. The number of nitrogens with one attached hydrogen (secondary N) is 1. The summed E-state index contributed by atoms with van der Waals surface area (Å²) in [5.41, 5.74) is 1.37. The van der Waals surface area contributed by atoms with Crippen molar-refractivity contribution in [2.45, 2.75) is 32.9 Å². The molecule has 0 saturated heterocycles. The zero-order valence-corrected chi connectivity index (χ0v) is 21.0. The Kier molecular flexibility index (Phi) is 8.47. The summed E-state index contributed by atoms with van der Waals surface area (Å²) < 4.78 is 27.0. The van der Waals surface area contributed by atoms with Crippen LogP contribution < -0.4 is 10.2 Å². The van der Waals surface area contributed by atoms with E-state index < -0.39 is 29.5 Å². The molecular weight excluding hydrogens is 492 g/mol. The van der Waals surface area contributed by atoms with E-state index in [1.807, 2.05) is 13.8 Å². The lowest BCUT2D eigenvalue weighted by atomic mass is 10.0. The van der Waals surface area contributed by atoms with Gasteiger partial charge in [0.25, 0.3) is 5.91 Å². The minimum Gasteiger partial charge on any atom is -0.354 e. The lowest BCUT2D eigenvalue weighted by molar-refractivity contribution is -0.127. The van der Waals surface area contributed by atoms with Crippen LogP contribution in [-0.2, 0) is 16.1 Å². The van der Waals surface area contributed by atoms with E-state index in [9.17, 15) is 18.4 Å². The summed E-state index contributed by atoms with van der Waals surface area (Å²) in [6.45, 7) is 4.17. The maximum absolute atomic E-state index is 13.8. The Morgan fingerprint density at radius 3 is 2.21 bits per heavy atom. The number of pyridine rings is 1. The molecule has 9 nitrogen and oxygen atoms in total. The van der Waals surface area contributed by atoms with Gasteiger partial charge in [-0.15, -0.1) is 10.2 Å². The summed E-state index contributed by atoms with van der Waals surface area (Å²) in [6, 6.07) is 13.1. The summed E-state index contributed by atoms with van der Waals surface area (Å²) >= 11 is 0. The van der Waals surface area contributed by atoms with Crippen LogP contribution in [0, 0.1) is 17.6 Å². The molecule has 2 aromatic carbocycles. The molecule has 0 bridgehead atoms. The van der Waals surface area contributed by atoms with E-state index >= 15 is 0 Å². The van der Waals surface area contributed by atoms with E-state index in [0.717, 1.165) is 11.2 Å². The molecule has 4 aromatic rings. The van der Waals surface area contributed by atoms with Gasteiger partial charge >= 0.3 is 0 Å². The monoisotopic (exact) mass is 519 g/mol. The maximum atomic E-state index is 13.8. The number of aromatic nitrogens is 5. The molecule has 2 amide bonds. The number of hydrogen-bond acceptors (Lipinski definition) is 6. The fourth-order valence-corrected chi connectivity index (χ4v) is 3.80. The number of carbonyl (C=O) groups is 2. The quantitative estimate of drug-likeness (QED) is 0.340. The molecule has 0 unspecified atom stereocenters. The first-order valence-corrected chi connectivity index (χ1v) is 12.1. The van der Waals surface area contributed by atoms with Crippen LogP contribution in [0.3, 0.4) is 0 Å². The van der Waals surface area contributed by atoms with Crippen LogP contribution in [0.1, 0.15) is 31.9 Å². The Morgan fingerprint density at radius 2 is 1.58 bits per heavy atom. The van der Waals surface area contributed by atoms with E-state index in [4.69, 9.17) is 0 Å². The highest BCUT2D eigenvalue weighted by molar-refractivity contribution is 6.01. The van der Waals surface area contributed by atoms with Crippen molar-refractivity contribution in [1.82, 2.24) is 30.5 Å². The van der Waals surface area contributed by atoms with Crippen molar-refractivity contribution in [3.05, 3.63) is 90.3 Å². The van der Waals surface area contributed by atoms with Gasteiger partial charge in [-0.3, -0.25) is 19.5 Å². The number of tetrazole rings is 1. The number of nitrogens with zero attached hydrogens (tertiary/aromatic N) is 6. The first-order chi connectivity index (χ1) is 18.3. The second kappa shape index (κ2) is 12.1. The number of halogens is 2. The SMILES string of the molecule is CC(C)CCNC(=O)[C@H](c1ccncc1)N(C(=O)Cn1nnc(-c2ccc(F)cc2)n1)c1ccc(F)cc1. The van der Waals surface area contributed by atoms with Gasteiger partial charge in [0, 0.05) is 30.2 Å². The zero-order valence-electron chi connectivity index (χ0n) is 21.0. The highest BCUT2D eigenvalue weighted by atomic mass is 19.1. The molecule has 0 saturated carbocycles. The van der Waals surface area contributed by atoms with E-state index in [1.165, 1.54) is 65.8 Å². The average molecular weight is 520 g/mol. The van der Waals surface area contributed by atoms with Gasteiger partial charge in [-0.2, -0.15) is 4.80 Å². The first-order valence-electron chi connectivity index (χ1n) is 12.1. The molecule has 0 aliphatic heterocycles. The lowest BCUT2D eigenvalue weighted by Gasteiger charge is -2.31. The number of hydrogen-bond donors (Lipinski definition) is 1. The fraction of sp³-hybridized carbons (Fsp3) is 0.259. The Balaban J connectivity index is 1.67. The Morgan fingerprint density at radius 1 is 0.947 bits per heavy atom. The Hall–Kier alpha value is -4.54. The molecule has 0 aliphatic carbocycles. The van der Waals surface area contributed by atoms with Gasteiger partial charge in [-0.25, -0.2) is 8.78 Å². The van der Waals surface area contributed by atoms with Crippen LogP contribution in [0.4, 0.5) is 14.5 Å². The van der Waals surface area contributed by atoms with Crippen molar-refractivity contribution < 1.29 is 18.4 Å². The summed E-state index contributed by atoms with van der Waals surface area (Å²) in [5.74, 6) is -1.22.